The third kappa shape index (κ3) is 4.61. The highest BCUT2D eigenvalue weighted by molar-refractivity contribution is 5.19. The standard InChI is InChI=1S/C11H13F4N/c1-8(16-6-5-11(13,14)15)9-3-2-4-10(12)7-9/h2-4,7-8,16H,5-6H2,1H3/t8-/m0/s1. The summed E-state index contributed by atoms with van der Waals surface area (Å²) in [5, 5.41) is 2.70. The lowest BCUT2D eigenvalue weighted by Crippen LogP contribution is -2.24. The van der Waals surface area contributed by atoms with Gasteiger partial charge in [-0.05, 0) is 24.6 Å². The molecule has 0 unspecified atom stereocenters. The number of hydrogen-bond acceptors (Lipinski definition) is 1. The zero-order valence-electron chi connectivity index (χ0n) is 8.81. The first-order valence-electron chi connectivity index (χ1n) is 4.94. The Morgan fingerprint density at radius 1 is 1.31 bits per heavy atom. The number of hydrogen-bond donors (Lipinski definition) is 1. The van der Waals surface area contributed by atoms with Gasteiger partial charge < -0.3 is 5.32 Å². The normalized spacial score (nSPS) is 13.8. The predicted molar refractivity (Wildman–Crippen MR) is 53.5 cm³/mol. The first kappa shape index (κ1) is 13.0. The average Bonchev–Trinajstić information content (AvgIpc) is 2.15. The summed E-state index contributed by atoms with van der Waals surface area (Å²) in [4.78, 5) is 0. The van der Waals surface area contributed by atoms with Crippen LogP contribution in [-0.4, -0.2) is 12.7 Å². The Balaban J connectivity index is 2.44. The number of alkyl halides is 3. The van der Waals surface area contributed by atoms with Gasteiger partial charge in [-0.25, -0.2) is 4.39 Å². The van der Waals surface area contributed by atoms with Crippen molar-refractivity contribution < 1.29 is 17.6 Å². The molecule has 0 fully saturated rings. The van der Waals surface area contributed by atoms with E-state index >= 15 is 0 Å². The minimum Gasteiger partial charge on any atom is -0.310 e. The van der Waals surface area contributed by atoms with Crippen LogP contribution in [-0.2, 0) is 0 Å². The molecule has 0 saturated carbocycles. The van der Waals surface area contributed by atoms with Crippen LogP contribution in [0, 0.1) is 5.82 Å². The molecule has 5 heteroatoms. The molecule has 0 aromatic heterocycles. The second-order valence-electron chi connectivity index (χ2n) is 3.60. The lowest BCUT2D eigenvalue weighted by atomic mass is 10.1. The van der Waals surface area contributed by atoms with E-state index in [-0.39, 0.29) is 18.4 Å². The van der Waals surface area contributed by atoms with E-state index in [1.165, 1.54) is 18.2 Å². The summed E-state index contributed by atoms with van der Waals surface area (Å²) in [6, 6.07) is 5.52. The van der Waals surface area contributed by atoms with E-state index < -0.39 is 12.6 Å². The molecule has 0 bridgehead atoms. The molecule has 1 rings (SSSR count). The van der Waals surface area contributed by atoms with Gasteiger partial charge in [-0.3, -0.25) is 0 Å². The van der Waals surface area contributed by atoms with Crippen LogP contribution in [0.5, 0.6) is 0 Å². The van der Waals surface area contributed by atoms with Crippen LogP contribution >= 0.6 is 0 Å². The van der Waals surface area contributed by atoms with Crippen LogP contribution in [0.1, 0.15) is 24.9 Å². The first-order valence-corrected chi connectivity index (χ1v) is 4.94. The lowest BCUT2D eigenvalue weighted by molar-refractivity contribution is -0.133. The van der Waals surface area contributed by atoms with Gasteiger partial charge in [-0.15, -0.1) is 0 Å². The fourth-order valence-electron chi connectivity index (χ4n) is 1.32. The highest BCUT2D eigenvalue weighted by Crippen LogP contribution is 2.19. The van der Waals surface area contributed by atoms with Crippen molar-refractivity contribution in [3.63, 3.8) is 0 Å². The summed E-state index contributed by atoms with van der Waals surface area (Å²) >= 11 is 0. The Kier molecular flexibility index (Phi) is 4.29. The minimum absolute atomic E-state index is 0.165. The maximum absolute atomic E-state index is 12.8. The van der Waals surface area contributed by atoms with E-state index in [0.29, 0.717) is 5.56 Å². The fraction of sp³-hybridized carbons (Fsp3) is 0.455. The third-order valence-electron chi connectivity index (χ3n) is 2.21. The fourth-order valence-corrected chi connectivity index (χ4v) is 1.32. The molecule has 1 N–H and O–H groups in total. The van der Waals surface area contributed by atoms with Crippen molar-refractivity contribution in [2.75, 3.05) is 6.54 Å². The molecule has 0 aliphatic carbocycles. The maximum Gasteiger partial charge on any atom is 0.390 e. The van der Waals surface area contributed by atoms with Gasteiger partial charge in [0.15, 0.2) is 0 Å². The Hall–Kier alpha value is -1.10. The first-order chi connectivity index (χ1) is 7.38. The SMILES string of the molecule is C[C@H](NCCC(F)(F)F)c1cccc(F)c1. The van der Waals surface area contributed by atoms with Crippen molar-refractivity contribution >= 4 is 0 Å². The molecule has 1 aromatic carbocycles. The number of nitrogens with one attached hydrogen (secondary N) is 1. The topological polar surface area (TPSA) is 12.0 Å². The molecule has 1 aromatic rings. The van der Waals surface area contributed by atoms with Crippen LogP contribution in [0.4, 0.5) is 17.6 Å². The molecule has 0 spiro atoms. The zero-order chi connectivity index (χ0) is 12.2. The largest absolute Gasteiger partial charge is 0.390 e. The van der Waals surface area contributed by atoms with Gasteiger partial charge in [-0.1, -0.05) is 12.1 Å². The summed E-state index contributed by atoms with van der Waals surface area (Å²) in [6.45, 7) is 1.53. The van der Waals surface area contributed by atoms with E-state index in [1.54, 1.807) is 13.0 Å². The third-order valence-corrected chi connectivity index (χ3v) is 2.21. The van der Waals surface area contributed by atoms with Crippen molar-refractivity contribution in [1.82, 2.24) is 5.32 Å². The number of halogens is 4. The Morgan fingerprint density at radius 3 is 2.56 bits per heavy atom. The van der Waals surface area contributed by atoms with Gasteiger partial charge in [0.25, 0.3) is 0 Å². The van der Waals surface area contributed by atoms with Gasteiger partial charge >= 0.3 is 6.18 Å². The Bertz CT molecular complexity index is 335. The summed E-state index contributed by atoms with van der Waals surface area (Å²) < 4.78 is 48.4. The van der Waals surface area contributed by atoms with Crippen molar-refractivity contribution in [3.8, 4) is 0 Å². The molecule has 1 nitrogen and oxygen atoms in total. The monoisotopic (exact) mass is 235 g/mol. The van der Waals surface area contributed by atoms with Crippen LogP contribution in [0.2, 0.25) is 0 Å². The van der Waals surface area contributed by atoms with Gasteiger partial charge in [0.2, 0.25) is 0 Å². The van der Waals surface area contributed by atoms with E-state index in [2.05, 4.69) is 5.32 Å². The maximum atomic E-state index is 12.8. The number of rotatable bonds is 4. The molecular formula is C11H13F4N. The van der Waals surface area contributed by atoms with E-state index in [9.17, 15) is 17.6 Å². The number of benzene rings is 1. The van der Waals surface area contributed by atoms with Gasteiger partial charge in [0, 0.05) is 12.6 Å². The molecule has 0 amide bonds. The van der Waals surface area contributed by atoms with Crippen LogP contribution in [0.15, 0.2) is 24.3 Å². The van der Waals surface area contributed by atoms with Crippen molar-refractivity contribution in [2.24, 2.45) is 0 Å². The molecule has 1 atom stereocenters. The van der Waals surface area contributed by atoms with Gasteiger partial charge in [0.05, 0.1) is 6.42 Å². The average molecular weight is 235 g/mol. The van der Waals surface area contributed by atoms with E-state index in [4.69, 9.17) is 0 Å². The molecule has 0 radical (unpaired) electrons. The zero-order valence-corrected chi connectivity index (χ0v) is 8.81. The molecule has 0 aliphatic heterocycles. The van der Waals surface area contributed by atoms with Crippen LogP contribution < -0.4 is 5.32 Å². The predicted octanol–water partition coefficient (Wildman–Crippen LogP) is 3.43. The van der Waals surface area contributed by atoms with Crippen LogP contribution in [0.3, 0.4) is 0 Å². The Morgan fingerprint density at radius 2 is 2.00 bits per heavy atom. The summed E-state index contributed by atoms with van der Waals surface area (Å²) in [6.07, 6.45) is -5.04. The second-order valence-corrected chi connectivity index (χ2v) is 3.60. The summed E-state index contributed by atoms with van der Waals surface area (Å²) in [7, 11) is 0. The van der Waals surface area contributed by atoms with E-state index in [1.807, 2.05) is 0 Å². The molecule has 90 valence electrons. The van der Waals surface area contributed by atoms with Crippen LogP contribution in [0.25, 0.3) is 0 Å². The van der Waals surface area contributed by atoms with Gasteiger partial charge in [-0.2, -0.15) is 13.2 Å². The Labute approximate surface area is 91.5 Å². The highest BCUT2D eigenvalue weighted by Gasteiger charge is 2.26. The lowest BCUT2D eigenvalue weighted by Gasteiger charge is -2.15. The molecule has 0 aliphatic rings. The molecule has 0 heterocycles. The highest BCUT2D eigenvalue weighted by atomic mass is 19.4. The quantitative estimate of drug-likeness (QED) is 0.788. The summed E-state index contributed by atoms with van der Waals surface area (Å²) in [5.41, 5.74) is 0.641. The minimum atomic E-state index is -4.16. The van der Waals surface area contributed by atoms with E-state index in [0.717, 1.165) is 0 Å². The smallest absolute Gasteiger partial charge is 0.310 e. The van der Waals surface area contributed by atoms with Crippen molar-refractivity contribution in [1.29, 1.82) is 0 Å². The molecule has 16 heavy (non-hydrogen) atoms. The second kappa shape index (κ2) is 5.30. The van der Waals surface area contributed by atoms with Crippen molar-refractivity contribution in [2.45, 2.75) is 25.6 Å². The molecule has 0 saturated heterocycles. The van der Waals surface area contributed by atoms with Gasteiger partial charge in [0.1, 0.15) is 5.82 Å². The van der Waals surface area contributed by atoms with Crippen molar-refractivity contribution in [3.05, 3.63) is 35.6 Å². The summed E-state index contributed by atoms with van der Waals surface area (Å²) in [5.74, 6) is -0.387. The molecular weight excluding hydrogens is 222 g/mol.